The van der Waals surface area contributed by atoms with Crippen molar-refractivity contribution in [2.24, 2.45) is 7.05 Å². The van der Waals surface area contributed by atoms with Gasteiger partial charge in [-0.3, -0.25) is 9.48 Å². The molecule has 0 unspecified atom stereocenters. The molecule has 3 heterocycles. The minimum Gasteiger partial charge on any atom is -0.481 e. The number of fused-ring (bicyclic) bond motifs is 1. The second-order valence-electron chi connectivity index (χ2n) is 10.8. The van der Waals surface area contributed by atoms with E-state index in [0.29, 0.717) is 24.4 Å². The van der Waals surface area contributed by atoms with Crippen molar-refractivity contribution in [1.82, 2.24) is 20.1 Å². The molecule has 0 saturated heterocycles. The Kier molecular flexibility index (Phi) is 10.5. The van der Waals surface area contributed by atoms with Gasteiger partial charge >= 0.3 is 5.97 Å². The molecule has 0 aliphatic carbocycles. The van der Waals surface area contributed by atoms with E-state index in [1.165, 1.54) is 11.1 Å². The second-order valence-corrected chi connectivity index (χ2v) is 10.8. The van der Waals surface area contributed by atoms with Crippen LogP contribution in [-0.2, 0) is 24.7 Å². The number of nitrogens with zero attached hydrogens (tertiary/aromatic N) is 4. The molecule has 5 aromatic rings. The van der Waals surface area contributed by atoms with Gasteiger partial charge in [0, 0.05) is 37.0 Å². The lowest BCUT2D eigenvalue weighted by atomic mass is 9.99. The van der Waals surface area contributed by atoms with Crippen LogP contribution in [0.15, 0.2) is 110 Å². The highest BCUT2D eigenvalue weighted by atomic mass is 16.5. The van der Waals surface area contributed by atoms with Crippen molar-refractivity contribution in [3.05, 3.63) is 132 Å². The molecular weight excluding hydrogens is 564 g/mol. The Hall–Kier alpha value is -5.46. The molecule has 228 valence electrons. The number of carbonyl (C=O) groups is 1. The number of carboxylic acid groups (broad SMARTS) is 1. The van der Waals surface area contributed by atoms with Crippen molar-refractivity contribution in [3.63, 3.8) is 0 Å². The van der Waals surface area contributed by atoms with Crippen LogP contribution in [0.4, 0.5) is 5.69 Å². The number of nitriles is 1. The third-order valence-electron chi connectivity index (χ3n) is 7.51. The minimum atomic E-state index is -0.742. The predicted octanol–water partition coefficient (Wildman–Crippen LogP) is 5.80. The average Bonchev–Trinajstić information content (AvgIpc) is 3.53. The van der Waals surface area contributed by atoms with E-state index < -0.39 is 5.97 Å². The van der Waals surface area contributed by atoms with Gasteiger partial charge in [-0.15, -0.1) is 0 Å². The number of aryl methyl sites for hydroxylation is 2. The molecule has 0 radical (unpaired) electrons. The normalized spacial score (nSPS) is 14.0. The molecule has 0 amide bonds. The van der Waals surface area contributed by atoms with Crippen molar-refractivity contribution >= 4 is 11.7 Å². The third-order valence-corrected chi connectivity index (χ3v) is 7.51. The van der Waals surface area contributed by atoms with Gasteiger partial charge < -0.3 is 20.5 Å². The molecule has 9 nitrogen and oxygen atoms in total. The third kappa shape index (κ3) is 8.78. The maximum absolute atomic E-state index is 10.2. The summed E-state index contributed by atoms with van der Waals surface area (Å²) < 4.78 is 8.17. The standard InChI is InChI=1S/C27H26N6O.C9H10O2/c1-33-18-23(16-32-33)22-13-24-27(31-15-22)34-25(17-30-24)26(21-5-3-2-4-6-21)29-12-11-19-7-9-20(14-28)10-8-19;10-9(11)7-6-8-4-2-1-3-5-8/h2-10,13,15-16,18,25-26,29-30H,11-12,17H2,1H3;1-5H,6-7H2,(H,10,11)/t25-,26+;/m0./s1. The van der Waals surface area contributed by atoms with E-state index in [9.17, 15) is 4.79 Å². The summed E-state index contributed by atoms with van der Waals surface area (Å²) in [7, 11) is 1.90. The zero-order valence-corrected chi connectivity index (χ0v) is 25.1. The first kappa shape index (κ1) is 31.0. The number of anilines is 1. The van der Waals surface area contributed by atoms with Gasteiger partial charge in [-0.1, -0.05) is 72.8 Å². The SMILES string of the molecule is Cn1cc(-c2cnc3c(c2)NC[C@@H]([C@H](NCCc2ccc(C#N)cc2)c2ccccc2)O3)cn1.O=C(O)CCc1ccccc1. The lowest BCUT2D eigenvalue weighted by molar-refractivity contribution is -0.136. The van der Waals surface area contributed by atoms with Crippen LogP contribution in [0.2, 0.25) is 0 Å². The molecule has 0 bridgehead atoms. The minimum absolute atomic E-state index is 0.0000292. The molecule has 0 fully saturated rings. The first-order valence-corrected chi connectivity index (χ1v) is 14.9. The van der Waals surface area contributed by atoms with Crippen LogP contribution >= 0.6 is 0 Å². The fourth-order valence-electron chi connectivity index (χ4n) is 5.12. The zero-order valence-electron chi connectivity index (χ0n) is 25.1. The van der Waals surface area contributed by atoms with Gasteiger partial charge in [-0.2, -0.15) is 10.4 Å². The summed E-state index contributed by atoms with van der Waals surface area (Å²) in [6.07, 6.45) is 7.21. The number of hydrogen-bond acceptors (Lipinski definition) is 7. The smallest absolute Gasteiger partial charge is 0.303 e. The zero-order chi connectivity index (χ0) is 31.4. The highest BCUT2D eigenvalue weighted by Crippen LogP contribution is 2.34. The molecule has 2 atom stereocenters. The monoisotopic (exact) mass is 600 g/mol. The Morgan fingerprint density at radius 3 is 2.40 bits per heavy atom. The molecule has 1 aliphatic rings. The van der Waals surface area contributed by atoms with E-state index in [1.54, 1.807) is 4.68 Å². The van der Waals surface area contributed by atoms with Crippen LogP contribution in [0.1, 0.15) is 34.7 Å². The molecule has 1 aliphatic heterocycles. The van der Waals surface area contributed by atoms with Gasteiger partial charge in [0.05, 0.1) is 36.1 Å². The number of rotatable bonds is 10. The Labute approximate surface area is 263 Å². The van der Waals surface area contributed by atoms with Crippen molar-refractivity contribution in [2.45, 2.75) is 31.4 Å². The number of aromatic nitrogens is 3. The summed E-state index contributed by atoms with van der Waals surface area (Å²) in [5.74, 6) is -0.132. The van der Waals surface area contributed by atoms with Crippen LogP contribution in [0.3, 0.4) is 0 Å². The molecule has 3 aromatic carbocycles. The first-order chi connectivity index (χ1) is 22.0. The maximum Gasteiger partial charge on any atom is 0.303 e. The van der Waals surface area contributed by atoms with Crippen molar-refractivity contribution in [1.29, 1.82) is 5.26 Å². The van der Waals surface area contributed by atoms with Gasteiger partial charge in [0.15, 0.2) is 0 Å². The first-order valence-electron chi connectivity index (χ1n) is 14.9. The lowest BCUT2D eigenvalue weighted by Crippen LogP contribution is -2.43. The van der Waals surface area contributed by atoms with Gasteiger partial charge in [0.1, 0.15) is 6.10 Å². The predicted molar refractivity (Wildman–Crippen MR) is 174 cm³/mol. The van der Waals surface area contributed by atoms with Crippen LogP contribution < -0.4 is 15.4 Å². The Balaban J connectivity index is 0.000000309. The Morgan fingerprint density at radius 1 is 1.02 bits per heavy atom. The van der Waals surface area contributed by atoms with E-state index in [2.05, 4.69) is 45.0 Å². The van der Waals surface area contributed by atoms with Crippen LogP contribution in [-0.4, -0.2) is 45.0 Å². The summed E-state index contributed by atoms with van der Waals surface area (Å²) >= 11 is 0. The molecular formula is C36H36N6O3. The van der Waals surface area contributed by atoms with Crippen molar-refractivity contribution in [3.8, 4) is 23.1 Å². The number of benzene rings is 3. The molecule has 0 saturated carbocycles. The van der Waals surface area contributed by atoms with E-state index in [4.69, 9.17) is 15.1 Å². The van der Waals surface area contributed by atoms with E-state index in [-0.39, 0.29) is 18.6 Å². The number of ether oxygens (including phenoxy) is 1. The van der Waals surface area contributed by atoms with Gasteiger partial charge in [-0.25, -0.2) is 4.98 Å². The van der Waals surface area contributed by atoms with Crippen molar-refractivity contribution < 1.29 is 14.6 Å². The van der Waals surface area contributed by atoms with E-state index in [1.807, 2.05) is 98.4 Å². The van der Waals surface area contributed by atoms with Crippen LogP contribution in [0.25, 0.3) is 11.1 Å². The number of pyridine rings is 1. The van der Waals surface area contributed by atoms with Gasteiger partial charge in [0.2, 0.25) is 5.88 Å². The quantitative estimate of drug-likeness (QED) is 0.184. The van der Waals surface area contributed by atoms with E-state index in [0.717, 1.165) is 35.3 Å². The Morgan fingerprint density at radius 2 is 1.73 bits per heavy atom. The highest BCUT2D eigenvalue weighted by Gasteiger charge is 2.29. The molecule has 0 spiro atoms. The Bertz CT molecular complexity index is 1720. The van der Waals surface area contributed by atoms with Crippen LogP contribution in [0, 0.1) is 11.3 Å². The fourth-order valence-corrected chi connectivity index (χ4v) is 5.12. The average molecular weight is 601 g/mol. The number of carboxylic acids is 1. The van der Waals surface area contributed by atoms with Crippen LogP contribution in [0.5, 0.6) is 5.88 Å². The topological polar surface area (TPSA) is 125 Å². The van der Waals surface area contributed by atoms with Gasteiger partial charge in [-0.05, 0) is 54.3 Å². The summed E-state index contributed by atoms with van der Waals surface area (Å²) in [6.45, 7) is 1.44. The summed E-state index contributed by atoms with van der Waals surface area (Å²) in [6, 6.07) is 32.0. The number of hydrogen-bond donors (Lipinski definition) is 3. The molecule has 9 heteroatoms. The largest absolute Gasteiger partial charge is 0.481 e. The number of aliphatic carboxylic acids is 1. The molecule has 3 N–H and O–H groups in total. The molecule has 45 heavy (non-hydrogen) atoms. The highest BCUT2D eigenvalue weighted by molar-refractivity contribution is 5.69. The lowest BCUT2D eigenvalue weighted by Gasteiger charge is -2.33. The fraction of sp³-hybridized carbons (Fsp3) is 0.222. The molecule has 2 aromatic heterocycles. The van der Waals surface area contributed by atoms with Gasteiger partial charge in [0.25, 0.3) is 0 Å². The van der Waals surface area contributed by atoms with E-state index >= 15 is 0 Å². The summed E-state index contributed by atoms with van der Waals surface area (Å²) in [4.78, 5) is 14.8. The summed E-state index contributed by atoms with van der Waals surface area (Å²) in [5.41, 5.74) is 7.03. The summed E-state index contributed by atoms with van der Waals surface area (Å²) in [5, 5.41) is 28.8. The molecule has 6 rings (SSSR count). The second kappa shape index (κ2) is 15.3. The maximum atomic E-state index is 10.2. The van der Waals surface area contributed by atoms with Crippen molar-refractivity contribution in [2.75, 3.05) is 18.4 Å². The number of nitrogens with one attached hydrogen (secondary N) is 2.